The van der Waals surface area contributed by atoms with Crippen molar-refractivity contribution >= 4 is 5.78 Å². The van der Waals surface area contributed by atoms with Gasteiger partial charge in [-0.2, -0.15) is 5.10 Å². The minimum atomic E-state index is 0.0502. The third-order valence-corrected chi connectivity index (χ3v) is 3.07. The largest absolute Gasteiger partial charge is 0.292 e. The highest BCUT2D eigenvalue weighted by atomic mass is 16.1. The molecule has 1 atom stereocenters. The Labute approximate surface area is 107 Å². The maximum atomic E-state index is 12.3. The molecule has 2 aromatic rings. The van der Waals surface area contributed by atoms with Crippen LogP contribution in [0.25, 0.3) is 5.69 Å². The Bertz CT molecular complexity index is 516. The van der Waals surface area contributed by atoms with E-state index in [0.717, 1.165) is 18.5 Å². The Hall–Kier alpha value is -1.90. The van der Waals surface area contributed by atoms with Gasteiger partial charge in [0, 0.05) is 5.92 Å². The summed E-state index contributed by atoms with van der Waals surface area (Å²) in [6, 6.07) is 11.5. The standard InChI is InChI=1S/C15H18N2O/c1-3-7-12(2)15(18)14-10-11-16-17(14)13-8-5-4-6-9-13/h4-6,8-12H,3,7H2,1-2H3. The summed E-state index contributed by atoms with van der Waals surface area (Å²) in [4.78, 5) is 12.3. The normalized spacial score (nSPS) is 12.3. The number of carbonyl (C=O) groups excluding carboxylic acids is 1. The zero-order chi connectivity index (χ0) is 13.0. The van der Waals surface area contributed by atoms with Gasteiger partial charge in [0.1, 0.15) is 5.69 Å². The number of aromatic nitrogens is 2. The van der Waals surface area contributed by atoms with Crippen LogP contribution in [0.3, 0.4) is 0 Å². The summed E-state index contributed by atoms with van der Waals surface area (Å²) in [7, 11) is 0. The van der Waals surface area contributed by atoms with Crippen molar-refractivity contribution in [2.45, 2.75) is 26.7 Å². The van der Waals surface area contributed by atoms with E-state index in [4.69, 9.17) is 0 Å². The molecule has 0 radical (unpaired) electrons. The zero-order valence-electron chi connectivity index (χ0n) is 10.8. The molecule has 0 fully saturated rings. The zero-order valence-corrected chi connectivity index (χ0v) is 10.8. The van der Waals surface area contributed by atoms with Crippen LogP contribution in [0.2, 0.25) is 0 Å². The van der Waals surface area contributed by atoms with E-state index >= 15 is 0 Å². The second-order valence-corrected chi connectivity index (χ2v) is 4.52. The molecule has 1 heterocycles. The summed E-state index contributed by atoms with van der Waals surface area (Å²) in [5.41, 5.74) is 1.59. The molecule has 0 N–H and O–H groups in total. The van der Waals surface area contributed by atoms with Crippen LogP contribution in [0, 0.1) is 5.92 Å². The number of hydrogen-bond donors (Lipinski definition) is 0. The molecule has 94 valence electrons. The molecule has 1 aromatic heterocycles. The molecule has 2 rings (SSSR count). The lowest BCUT2D eigenvalue weighted by Gasteiger charge is -2.11. The van der Waals surface area contributed by atoms with E-state index in [1.165, 1.54) is 0 Å². The van der Waals surface area contributed by atoms with Gasteiger partial charge in [-0.3, -0.25) is 4.79 Å². The van der Waals surface area contributed by atoms with Crippen molar-refractivity contribution in [2.75, 3.05) is 0 Å². The Morgan fingerprint density at radius 3 is 2.67 bits per heavy atom. The smallest absolute Gasteiger partial charge is 0.184 e. The fourth-order valence-electron chi connectivity index (χ4n) is 2.08. The van der Waals surface area contributed by atoms with E-state index in [-0.39, 0.29) is 11.7 Å². The highest BCUT2D eigenvalue weighted by molar-refractivity contribution is 5.96. The van der Waals surface area contributed by atoms with E-state index < -0.39 is 0 Å². The van der Waals surface area contributed by atoms with Gasteiger partial charge in [-0.15, -0.1) is 0 Å². The Kier molecular flexibility index (Phi) is 3.92. The van der Waals surface area contributed by atoms with E-state index in [2.05, 4.69) is 12.0 Å². The monoisotopic (exact) mass is 242 g/mol. The van der Waals surface area contributed by atoms with Gasteiger partial charge in [0.2, 0.25) is 0 Å². The van der Waals surface area contributed by atoms with Crippen LogP contribution in [-0.4, -0.2) is 15.6 Å². The van der Waals surface area contributed by atoms with Crippen LogP contribution in [0.4, 0.5) is 0 Å². The first-order valence-electron chi connectivity index (χ1n) is 6.37. The van der Waals surface area contributed by atoms with Crippen LogP contribution in [-0.2, 0) is 0 Å². The summed E-state index contributed by atoms with van der Waals surface area (Å²) in [6.45, 7) is 4.08. The summed E-state index contributed by atoms with van der Waals surface area (Å²) in [5, 5.41) is 4.25. The predicted molar refractivity (Wildman–Crippen MR) is 72.0 cm³/mol. The SMILES string of the molecule is CCCC(C)C(=O)c1ccnn1-c1ccccc1. The lowest BCUT2D eigenvalue weighted by atomic mass is 9.99. The topological polar surface area (TPSA) is 34.9 Å². The molecule has 0 saturated heterocycles. The van der Waals surface area contributed by atoms with Crippen molar-refractivity contribution in [3.63, 3.8) is 0 Å². The number of para-hydroxylation sites is 1. The van der Waals surface area contributed by atoms with Crippen molar-refractivity contribution in [1.82, 2.24) is 9.78 Å². The highest BCUT2D eigenvalue weighted by Crippen LogP contribution is 2.16. The first-order valence-corrected chi connectivity index (χ1v) is 6.37. The second kappa shape index (κ2) is 5.63. The van der Waals surface area contributed by atoms with Crippen molar-refractivity contribution in [1.29, 1.82) is 0 Å². The summed E-state index contributed by atoms with van der Waals surface area (Å²) in [6.07, 6.45) is 3.62. The summed E-state index contributed by atoms with van der Waals surface area (Å²) in [5.74, 6) is 0.215. The molecular formula is C15H18N2O. The number of Topliss-reactive ketones (excluding diaryl/α,β-unsaturated/α-hetero) is 1. The van der Waals surface area contributed by atoms with Gasteiger partial charge in [0.15, 0.2) is 5.78 Å². The fraction of sp³-hybridized carbons (Fsp3) is 0.333. The molecule has 1 unspecified atom stereocenters. The molecule has 0 aliphatic heterocycles. The Balaban J connectivity index is 2.31. The van der Waals surface area contributed by atoms with Crippen LogP contribution < -0.4 is 0 Å². The van der Waals surface area contributed by atoms with Crippen molar-refractivity contribution in [3.8, 4) is 5.69 Å². The van der Waals surface area contributed by atoms with Crippen LogP contribution in [0.1, 0.15) is 37.2 Å². The number of rotatable bonds is 5. The molecule has 0 saturated carbocycles. The van der Waals surface area contributed by atoms with E-state index in [1.807, 2.05) is 37.3 Å². The van der Waals surface area contributed by atoms with Crippen LogP contribution >= 0.6 is 0 Å². The molecule has 3 heteroatoms. The highest BCUT2D eigenvalue weighted by Gasteiger charge is 2.18. The predicted octanol–water partition coefficient (Wildman–Crippen LogP) is 3.49. The molecule has 0 spiro atoms. The Morgan fingerprint density at radius 1 is 1.28 bits per heavy atom. The summed E-state index contributed by atoms with van der Waals surface area (Å²) < 4.78 is 1.72. The third-order valence-electron chi connectivity index (χ3n) is 3.07. The van der Waals surface area contributed by atoms with Gasteiger partial charge >= 0.3 is 0 Å². The lowest BCUT2D eigenvalue weighted by molar-refractivity contribution is 0.0915. The van der Waals surface area contributed by atoms with Gasteiger partial charge in [0.05, 0.1) is 11.9 Å². The molecule has 3 nitrogen and oxygen atoms in total. The first kappa shape index (κ1) is 12.6. The average molecular weight is 242 g/mol. The van der Waals surface area contributed by atoms with Crippen LogP contribution in [0.5, 0.6) is 0 Å². The van der Waals surface area contributed by atoms with Crippen molar-refractivity contribution in [3.05, 3.63) is 48.3 Å². The lowest BCUT2D eigenvalue weighted by Crippen LogP contribution is -2.16. The van der Waals surface area contributed by atoms with E-state index in [9.17, 15) is 4.79 Å². The minimum absolute atomic E-state index is 0.0502. The second-order valence-electron chi connectivity index (χ2n) is 4.52. The molecule has 1 aromatic carbocycles. The molecule has 0 aliphatic rings. The number of ketones is 1. The molecule has 0 amide bonds. The van der Waals surface area contributed by atoms with Crippen LogP contribution in [0.15, 0.2) is 42.6 Å². The quantitative estimate of drug-likeness (QED) is 0.752. The number of benzene rings is 1. The minimum Gasteiger partial charge on any atom is -0.292 e. The van der Waals surface area contributed by atoms with Gasteiger partial charge in [-0.05, 0) is 24.6 Å². The Morgan fingerprint density at radius 2 is 2.00 bits per heavy atom. The van der Waals surface area contributed by atoms with Gasteiger partial charge in [-0.1, -0.05) is 38.5 Å². The fourth-order valence-corrected chi connectivity index (χ4v) is 2.08. The molecule has 0 aliphatic carbocycles. The summed E-state index contributed by atoms with van der Waals surface area (Å²) >= 11 is 0. The van der Waals surface area contributed by atoms with Gasteiger partial charge in [0.25, 0.3) is 0 Å². The van der Waals surface area contributed by atoms with Crippen molar-refractivity contribution in [2.24, 2.45) is 5.92 Å². The molecule has 0 bridgehead atoms. The number of nitrogens with zero attached hydrogens (tertiary/aromatic N) is 2. The van der Waals surface area contributed by atoms with E-state index in [0.29, 0.717) is 5.69 Å². The van der Waals surface area contributed by atoms with Crippen molar-refractivity contribution < 1.29 is 4.79 Å². The number of hydrogen-bond acceptors (Lipinski definition) is 2. The first-order chi connectivity index (χ1) is 8.74. The molecular weight excluding hydrogens is 224 g/mol. The maximum absolute atomic E-state index is 12.3. The maximum Gasteiger partial charge on any atom is 0.184 e. The number of carbonyl (C=O) groups is 1. The van der Waals surface area contributed by atoms with Gasteiger partial charge in [-0.25, -0.2) is 4.68 Å². The average Bonchev–Trinajstić information content (AvgIpc) is 2.88. The molecule has 18 heavy (non-hydrogen) atoms. The third kappa shape index (κ3) is 2.50. The van der Waals surface area contributed by atoms with E-state index in [1.54, 1.807) is 16.9 Å². The van der Waals surface area contributed by atoms with Gasteiger partial charge < -0.3 is 0 Å².